The van der Waals surface area contributed by atoms with Crippen LogP contribution in [0, 0.1) is 5.92 Å². The molecule has 0 N–H and O–H groups in total. The van der Waals surface area contributed by atoms with Crippen molar-refractivity contribution in [2.75, 3.05) is 0 Å². The van der Waals surface area contributed by atoms with Gasteiger partial charge >= 0.3 is 6.16 Å². The molecule has 1 aromatic carbocycles. The summed E-state index contributed by atoms with van der Waals surface area (Å²) < 4.78 is 10.5. The van der Waals surface area contributed by atoms with E-state index in [4.69, 9.17) is 9.47 Å². The summed E-state index contributed by atoms with van der Waals surface area (Å²) in [4.78, 5) is 11.8. The van der Waals surface area contributed by atoms with Gasteiger partial charge in [-0.3, -0.25) is 0 Å². The summed E-state index contributed by atoms with van der Waals surface area (Å²) in [6, 6.07) is 9.00. The number of ether oxygens (including phenoxy) is 2. The summed E-state index contributed by atoms with van der Waals surface area (Å²) >= 11 is 0. The molecule has 1 aliphatic rings. The molecule has 0 bridgehead atoms. The summed E-state index contributed by atoms with van der Waals surface area (Å²) in [7, 11) is 0. The third-order valence-electron chi connectivity index (χ3n) is 3.99. The van der Waals surface area contributed by atoms with Gasteiger partial charge in [0.05, 0.1) is 0 Å². The van der Waals surface area contributed by atoms with Gasteiger partial charge in [0.1, 0.15) is 11.9 Å². The summed E-state index contributed by atoms with van der Waals surface area (Å²) in [5.41, 5.74) is 1.22. The highest BCUT2D eigenvalue weighted by Crippen LogP contribution is 2.29. The average molecular weight is 288 g/mol. The number of carbonyl (C=O) groups is 1. The molecule has 3 heteroatoms. The number of benzene rings is 1. The van der Waals surface area contributed by atoms with Crippen LogP contribution in [0.2, 0.25) is 0 Å². The third-order valence-corrected chi connectivity index (χ3v) is 3.99. The van der Waals surface area contributed by atoms with E-state index < -0.39 is 6.16 Å². The van der Waals surface area contributed by atoms with Crippen molar-refractivity contribution >= 4 is 6.16 Å². The predicted molar refractivity (Wildman–Crippen MR) is 83.3 cm³/mol. The van der Waals surface area contributed by atoms with Crippen LogP contribution in [0.5, 0.6) is 5.75 Å². The van der Waals surface area contributed by atoms with Crippen molar-refractivity contribution in [2.24, 2.45) is 5.92 Å². The lowest BCUT2D eigenvalue weighted by Gasteiger charge is -2.24. The van der Waals surface area contributed by atoms with Crippen LogP contribution in [0.4, 0.5) is 4.79 Å². The fraction of sp³-hybridized carbons (Fsp3) is 0.500. The van der Waals surface area contributed by atoms with Crippen molar-refractivity contribution in [3.63, 3.8) is 0 Å². The van der Waals surface area contributed by atoms with E-state index in [1.807, 2.05) is 25.1 Å². The van der Waals surface area contributed by atoms with Gasteiger partial charge in [-0.15, -0.1) is 0 Å². The Morgan fingerprint density at radius 2 is 2.10 bits per heavy atom. The van der Waals surface area contributed by atoms with E-state index >= 15 is 0 Å². The number of hydrogen-bond acceptors (Lipinski definition) is 3. The number of hydrogen-bond donors (Lipinski definition) is 0. The molecule has 2 rings (SSSR count). The minimum atomic E-state index is -0.634. The van der Waals surface area contributed by atoms with Crippen LogP contribution in [0.15, 0.2) is 42.0 Å². The monoisotopic (exact) mass is 288 g/mol. The zero-order valence-electron chi connectivity index (χ0n) is 12.9. The number of allylic oxidation sites excluding steroid dienone is 1. The van der Waals surface area contributed by atoms with Gasteiger partial charge in [-0.1, -0.05) is 44.0 Å². The molecule has 0 fully saturated rings. The molecule has 0 aromatic heterocycles. The quantitative estimate of drug-likeness (QED) is 0.428. The first-order valence-electron chi connectivity index (χ1n) is 7.81. The molecule has 1 aromatic rings. The molecule has 1 aliphatic carbocycles. The molecule has 2 atom stereocenters. The average Bonchev–Trinajstić information content (AvgIpc) is 2.49. The molecule has 114 valence electrons. The lowest BCUT2D eigenvalue weighted by Crippen LogP contribution is -2.22. The molecule has 0 spiro atoms. The fourth-order valence-electron chi connectivity index (χ4n) is 2.78. The predicted octanol–water partition coefficient (Wildman–Crippen LogP) is 5.12. The van der Waals surface area contributed by atoms with Crippen LogP contribution in [0.1, 0.15) is 46.0 Å². The first-order valence-corrected chi connectivity index (χ1v) is 7.81. The van der Waals surface area contributed by atoms with Gasteiger partial charge in [0.25, 0.3) is 0 Å². The van der Waals surface area contributed by atoms with Gasteiger partial charge in [0, 0.05) is 0 Å². The molecule has 0 saturated heterocycles. The Morgan fingerprint density at radius 1 is 1.33 bits per heavy atom. The highest BCUT2D eigenvalue weighted by atomic mass is 16.7. The van der Waals surface area contributed by atoms with Crippen molar-refractivity contribution in [1.82, 2.24) is 0 Å². The van der Waals surface area contributed by atoms with Crippen molar-refractivity contribution in [2.45, 2.75) is 52.1 Å². The van der Waals surface area contributed by atoms with Crippen LogP contribution in [0.3, 0.4) is 0 Å². The van der Waals surface area contributed by atoms with Crippen molar-refractivity contribution in [1.29, 1.82) is 0 Å². The molecular weight excluding hydrogens is 264 g/mol. The van der Waals surface area contributed by atoms with Crippen molar-refractivity contribution in [3.05, 3.63) is 42.0 Å². The molecule has 2 unspecified atom stereocenters. The Hall–Kier alpha value is -1.77. The fourth-order valence-corrected chi connectivity index (χ4v) is 2.78. The molecular formula is C18H24O3. The normalized spacial score (nSPS) is 19.5. The minimum Gasteiger partial charge on any atom is -0.426 e. The zero-order valence-corrected chi connectivity index (χ0v) is 12.9. The summed E-state index contributed by atoms with van der Waals surface area (Å²) in [5.74, 6) is 1.30. The summed E-state index contributed by atoms with van der Waals surface area (Å²) in [6.07, 6.45) is 7.24. The smallest absolute Gasteiger partial charge is 0.426 e. The van der Waals surface area contributed by atoms with Gasteiger partial charge in [-0.25, -0.2) is 4.79 Å². The standard InChI is InChI=1S/C18H24O3/c1-3-7-15-10-12-16(13-11-15)14(2)20-18(19)21-17-8-5-4-6-9-17/h4-6,8-9,12,14-15H,3,7,10-11,13H2,1-2H3. The van der Waals surface area contributed by atoms with E-state index in [1.165, 1.54) is 24.8 Å². The van der Waals surface area contributed by atoms with Crippen LogP contribution < -0.4 is 4.74 Å². The maximum absolute atomic E-state index is 11.8. The Morgan fingerprint density at radius 3 is 2.71 bits per heavy atom. The second-order valence-electron chi connectivity index (χ2n) is 5.63. The first-order chi connectivity index (χ1) is 10.2. The van der Waals surface area contributed by atoms with E-state index in [9.17, 15) is 4.79 Å². The SMILES string of the molecule is CCCC1CC=C(C(C)OC(=O)Oc2ccccc2)CC1. The Balaban J connectivity index is 1.81. The van der Waals surface area contributed by atoms with Gasteiger partial charge in [0.2, 0.25) is 0 Å². The van der Waals surface area contributed by atoms with E-state index in [0.717, 1.165) is 18.8 Å². The van der Waals surface area contributed by atoms with Crippen molar-refractivity contribution in [3.8, 4) is 5.75 Å². The van der Waals surface area contributed by atoms with E-state index in [2.05, 4.69) is 13.0 Å². The second-order valence-corrected chi connectivity index (χ2v) is 5.63. The van der Waals surface area contributed by atoms with E-state index in [1.54, 1.807) is 12.1 Å². The second kappa shape index (κ2) is 7.87. The lowest BCUT2D eigenvalue weighted by molar-refractivity contribution is 0.0763. The maximum Gasteiger partial charge on any atom is 0.514 e. The van der Waals surface area contributed by atoms with E-state index in [0.29, 0.717) is 5.75 Å². The van der Waals surface area contributed by atoms with Gasteiger partial charge in [-0.2, -0.15) is 0 Å². The zero-order chi connectivity index (χ0) is 15.1. The van der Waals surface area contributed by atoms with Crippen LogP contribution in [-0.4, -0.2) is 12.3 Å². The van der Waals surface area contributed by atoms with Crippen LogP contribution >= 0.6 is 0 Å². The van der Waals surface area contributed by atoms with Crippen LogP contribution in [-0.2, 0) is 4.74 Å². The lowest BCUT2D eigenvalue weighted by atomic mass is 9.85. The van der Waals surface area contributed by atoms with E-state index in [-0.39, 0.29) is 6.10 Å². The minimum absolute atomic E-state index is 0.205. The third kappa shape index (κ3) is 4.92. The molecule has 0 heterocycles. The molecule has 21 heavy (non-hydrogen) atoms. The van der Waals surface area contributed by atoms with Gasteiger partial charge in [-0.05, 0) is 49.8 Å². The highest BCUT2D eigenvalue weighted by Gasteiger charge is 2.20. The summed E-state index contributed by atoms with van der Waals surface area (Å²) in [5, 5.41) is 0. The molecule has 0 aliphatic heterocycles. The number of para-hydroxylation sites is 1. The Labute approximate surface area is 127 Å². The molecule has 3 nitrogen and oxygen atoms in total. The Kier molecular flexibility index (Phi) is 5.85. The van der Waals surface area contributed by atoms with Gasteiger partial charge < -0.3 is 9.47 Å². The molecule has 0 amide bonds. The number of rotatable bonds is 5. The number of carbonyl (C=O) groups excluding carboxylic acids is 1. The summed E-state index contributed by atoms with van der Waals surface area (Å²) in [6.45, 7) is 4.14. The first kappa shape index (κ1) is 15.6. The highest BCUT2D eigenvalue weighted by molar-refractivity contribution is 5.64. The topological polar surface area (TPSA) is 35.5 Å². The van der Waals surface area contributed by atoms with Gasteiger partial charge in [0.15, 0.2) is 0 Å². The maximum atomic E-state index is 11.8. The largest absolute Gasteiger partial charge is 0.514 e. The Bertz CT molecular complexity index is 478. The van der Waals surface area contributed by atoms with Crippen LogP contribution in [0.25, 0.3) is 0 Å². The molecule has 0 saturated carbocycles. The molecule has 0 radical (unpaired) electrons. The van der Waals surface area contributed by atoms with Crippen molar-refractivity contribution < 1.29 is 14.3 Å².